The van der Waals surface area contributed by atoms with Crippen LogP contribution in [0, 0.1) is 6.92 Å². The van der Waals surface area contributed by atoms with E-state index in [9.17, 15) is 9.90 Å². The van der Waals surface area contributed by atoms with Gasteiger partial charge in [0.25, 0.3) is 0 Å². The first-order valence-electron chi connectivity index (χ1n) is 10.6. The first-order chi connectivity index (χ1) is 15.1. The maximum Gasteiger partial charge on any atom is 0.233 e. The molecule has 0 radical (unpaired) electrons. The number of ether oxygens (including phenoxy) is 1. The maximum absolute atomic E-state index is 13.5. The Bertz CT molecular complexity index is 1180. The smallest absolute Gasteiger partial charge is 0.233 e. The Balaban J connectivity index is 1.59. The fourth-order valence-corrected chi connectivity index (χ4v) is 4.78. The molecule has 0 saturated heterocycles. The van der Waals surface area contributed by atoms with Crippen LogP contribution in [0.5, 0.6) is 11.5 Å². The number of rotatable bonds is 4. The number of aromatic nitrogens is 1. The lowest BCUT2D eigenvalue weighted by Gasteiger charge is -2.34. The number of para-hydroxylation sites is 1. The van der Waals surface area contributed by atoms with Crippen molar-refractivity contribution in [3.05, 3.63) is 82.2 Å². The molecule has 2 aromatic carbocycles. The summed E-state index contributed by atoms with van der Waals surface area (Å²) in [6, 6.07) is 15.1. The Hall–Kier alpha value is -3.54. The zero-order valence-electron chi connectivity index (χ0n) is 17.5. The van der Waals surface area contributed by atoms with Crippen molar-refractivity contribution in [2.24, 2.45) is 0 Å². The van der Waals surface area contributed by atoms with Gasteiger partial charge in [-0.3, -0.25) is 4.79 Å². The van der Waals surface area contributed by atoms with Crippen molar-refractivity contribution in [1.29, 1.82) is 0 Å². The predicted molar refractivity (Wildman–Crippen MR) is 116 cm³/mol. The van der Waals surface area contributed by atoms with E-state index in [1.807, 2.05) is 50.2 Å². The van der Waals surface area contributed by atoms with Gasteiger partial charge in [-0.15, -0.1) is 0 Å². The van der Waals surface area contributed by atoms with Crippen LogP contribution in [0.3, 0.4) is 0 Å². The van der Waals surface area contributed by atoms with Crippen molar-refractivity contribution in [1.82, 2.24) is 5.16 Å². The minimum absolute atomic E-state index is 0.0761. The van der Waals surface area contributed by atoms with Crippen molar-refractivity contribution in [2.75, 3.05) is 11.9 Å². The molecule has 1 aromatic heterocycles. The van der Waals surface area contributed by atoms with Gasteiger partial charge in [0, 0.05) is 29.5 Å². The lowest BCUT2D eigenvalue weighted by molar-refractivity contribution is -0.116. The molecule has 31 heavy (non-hydrogen) atoms. The highest BCUT2D eigenvalue weighted by atomic mass is 16.5. The lowest BCUT2D eigenvalue weighted by Crippen LogP contribution is -2.29. The van der Waals surface area contributed by atoms with E-state index < -0.39 is 0 Å². The molecular weight excluding hydrogens is 392 g/mol. The van der Waals surface area contributed by atoms with Crippen molar-refractivity contribution >= 4 is 11.7 Å². The van der Waals surface area contributed by atoms with Crippen LogP contribution in [0.2, 0.25) is 0 Å². The normalized spacial score (nSPS) is 20.1. The molecule has 1 aliphatic heterocycles. The van der Waals surface area contributed by atoms with E-state index in [0.29, 0.717) is 25.3 Å². The number of fused-ring (bicyclic) bond motifs is 1. The highest BCUT2D eigenvalue weighted by Crippen LogP contribution is 2.49. The van der Waals surface area contributed by atoms with Crippen LogP contribution in [0.1, 0.15) is 54.0 Å². The Morgan fingerprint density at radius 3 is 2.68 bits per heavy atom. The molecule has 0 amide bonds. The minimum atomic E-state index is -0.244. The van der Waals surface area contributed by atoms with Gasteiger partial charge in [0.2, 0.25) is 5.88 Å². The van der Waals surface area contributed by atoms with E-state index in [2.05, 4.69) is 10.5 Å². The van der Waals surface area contributed by atoms with Gasteiger partial charge in [0.05, 0.1) is 17.9 Å². The highest BCUT2D eigenvalue weighted by molar-refractivity contribution is 6.01. The maximum atomic E-state index is 13.5. The first kappa shape index (κ1) is 19.4. The third-order valence-corrected chi connectivity index (χ3v) is 6.16. The Labute approximate surface area is 180 Å². The number of phenols is 1. The van der Waals surface area contributed by atoms with E-state index >= 15 is 0 Å². The number of anilines is 1. The van der Waals surface area contributed by atoms with E-state index in [4.69, 9.17) is 9.26 Å². The summed E-state index contributed by atoms with van der Waals surface area (Å²) in [6.45, 7) is 4.45. The number of nitrogens with zero attached hydrogens (tertiary/aromatic N) is 1. The average molecular weight is 416 g/mol. The van der Waals surface area contributed by atoms with Crippen LogP contribution in [0.25, 0.3) is 0 Å². The van der Waals surface area contributed by atoms with Gasteiger partial charge in [0.15, 0.2) is 5.78 Å². The number of aryl methyl sites for hydroxylation is 1. The van der Waals surface area contributed by atoms with Crippen LogP contribution in [0.15, 0.2) is 64.3 Å². The summed E-state index contributed by atoms with van der Waals surface area (Å²) in [5, 5.41) is 17.8. The van der Waals surface area contributed by atoms with Gasteiger partial charge in [-0.2, -0.15) is 0 Å². The van der Waals surface area contributed by atoms with Gasteiger partial charge >= 0.3 is 0 Å². The number of hydrogen-bond acceptors (Lipinski definition) is 6. The summed E-state index contributed by atoms with van der Waals surface area (Å²) in [5.41, 5.74) is 5.06. The van der Waals surface area contributed by atoms with E-state index in [-0.39, 0.29) is 23.4 Å². The molecule has 0 bridgehead atoms. The van der Waals surface area contributed by atoms with Gasteiger partial charge in [-0.1, -0.05) is 35.5 Å². The molecule has 2 aliphatic rings. The summed E-state index contributed by atoms with van der Waals surface area (Å²) in [5.74, 6) is 1.34. The average Bonchev–Trinajstić information content (AvgIpc) is 3.14. The van der Waals surface area contributed by atoms with E-state index in [0.717, 1.165) is 39.4 Å². The Kier molecular flexibility index (Phi) is 4.77. The summed E-state index contributed by atoms with van der Waals surface area (Å²) >= 11 is 0. The number of aromatic hydroxyl groups is 1. The van der Waals surface area contributed by atoms with Crippen LogP contribution in [-0.2, 0) is 4.79 Å². The molecule has 3 aromatic rings. The number of carbonyl (C=O) groups is 1. The lowest BCUT2D eigenvalue weighted by atomic mass is 9.72. The van der Waals surface area contributed by atoms with Crippen LogP contribution in [-0.4, -0.2) is 22.7 Å². The third kappa shape index (κ3) is 3.28. The second-order valence-electron chi connectivity index (χ2n) is 8.05. The quantitative estimate of drug-likeness (QED) is 0.619. The third-order valence-electron chi connectivity index (χ3n) is 6.16. The zero-order chi connectivity index (χ0) is 21.5. The molecule has 5 rings (SSSR count). The van der Waals surface area contributed by atoms with Crippen molar-refractivity contribution in [3.8, 4) is 11.5 Å². The molecule has 2 heterocycles. The van der Waals surface area contributed by atoms with Gasteiger partial charge < -0.3 is 19.7 Å². The number of benzene rings is 2. The molecule has 0 spiro atoms. The first-order valence-corrected chi connectivity index (χ1v) is 10.6. The zero-order valence-corrected chi connectivity index (χ0v) is 17.5. The van der Waals surface area contributed by atoms with Crippen molar-refractivity contribution < 1.29 is 19.2 Å². The SMILES string of the molecule is CCOc1ccc([C@H]2C3=C(C[C@@H](c4ccccc4O)CC3=O)Nc3onc(C)c32)cc1. The Morgan fingerprint density at radius 2 is 1.94 bits per heavy atom. The standard InChI is InChI=1S/C25H24N2O4/c1-3-30-17-10-8-15(9-11-17)23-22-14(2)27-31-25(22)26-19-12-16(13-21(29)24(19)23)18-6-4-5-7-20(18)28/h4-11,16,23,26,28H,3,12-13H2,1-2H3/t16-,23-/m1/s1. The van der Waals surface area contributed by atoms with E-state index in [1.165, 1.54) is 0 Å². The number of carbonyl (C=O) groups excluding carboxylic acids is 1. The number of nitrogens with one attached hydrogen (secondary N) is 1. The topological polar surface area (TPSA) is 84.6 Å². The fourth-order valence-electron chi connectivity index (χ4n) is 4.78. The number of Topliss-reactive ketones (excluding diaryl/α,β-unsaturated/α-hetero) is 1. The van der Waals surface area contributed by atoms with Crippen molar-refractivity contribution in [2.45, 2.75) is 38.5 Å². The number of allylic oxidation sites excluding steroid dienone is 2. The molecule has 6 nitrogen and oxygen atoms in total. The van der Waals surface area contributed by atoms with Gasteiger partial charge in [-0.25, -0.2) is 0 Å². The molecule has 0 saturated carbocycles. The van der Waals surface area contributed by atoms with Gasteiger partial charge in [-0.05, 0) is 49.6 Å². The number of ketones is 1. The summed E-state index contributed by atoms with van der Waals surface area (Å²) in [4.78, 5) is 13.5. The number of hydrogen-bond donors (Lipinski definition) is 2. The summed E-state index contributed by atoms with van der Waals surface area (Å²) in [7, 11) is 0. The van der Waals surface area contributed by atoms with Crippen LogP contribution < -0.4 is 10.1 Å². The summed E-state index contributed by atoms with van der Waals surface area (Å²) < 4.78 is 11.2. The highest BCUT2D eigenvalue weighted by Gasteiger charge is 2.41. The van der Waals surface area contributed by atoms with E-state index in [1.54, 1.807) is 12.1 Å². The second-order valence-corrected chi connectivity index (χ2v) is 8.05. The van der Waals surface area contributed by atoms with Crippen molar-refractivity contribution in [3.63, 3.8) is 0 Å². The fraction of sp³-hybridized carbons (Fsp3) is 0.280. The number of phenolic OH excluding ortho intramolecular Hbond substituents is 1. The molecule has 1 aliphatic carbocycles. The monoisotopic (exact) mass is 416 g/mol. The summed E-state index contributed by atoms with van der Waals surface area (Å²) in [6.07, 6.45) is 0.969. The molecule has 0 fully saturated rings. The predicted octanol–water partition coefficient (Wildman–Crippen LogP) is 5.05. The molecule has 0 unspecified atom stereocenters. The molecule has 6 heteroatoms. The molecule has 158 valence electrons. The molecule has 2 atom stereocenters. The van der Waals surface area contributed by atoms with Gasteiger partial charge in [0.1, 0.15) is 11.5 Å². The largest absolute Gasteiger partial charge is 0.508 e. The molecular formula is C25H24N2O4. The minimum Gasteiger partial charge on any atom is -0.508 e. The second kappa shape index (κ2) is 7.61. The van der Waals surface area contributed by atoms with Crippen LogP contribution in [0.4, 0.5) is 5.88 Å². The van der Waals surface area contributed by atoms with Crippen LogP contribution >= 0.6 is 0 Å². The molecule has 2 N–H and O–H groups in total. The Morgan fingerprint density at radius 1 is 1.16 bits per heavy atom.